The molecule has 0 fully saturated rings. The molecule has 0 aliphatic rings. The Morgan fingerprint density at radius 3 is 2.62 bits per heavy atom. The number of amides is 1. The second-order valence-electron chi connectivity index (χ2n) is 6.74. The van der Waals surface area contributed by atoms with E-state index in [1.807, 2.05) is 55.5 Å². The molecule has 1 amide bonds. The fourth-order valence-electron chi connectivity index (χ4n) is 3.39. The molecule has 2 heterocycles. The van der Waals surface area contributed by atoms with Crippen molar-refractivity contribution in [3.63, 3.8) is 0 Å². The molecule has 0 spiro atoms. The molecule has 0 radical (unpaired) electrons. The van der Waals surface area contributed by atoms with Gasteiger partial charge in [-0.15, -0.1) is 0 Å². The largest absolute Gasteiger partial charge is 0.383 e. The number of nitrogens with zero attached hydrogens (tertiary/aromatic N) is 4. The zero-order valence-corrected chi connectivity index (χ0v) is 17.5. The first-order chi connectivity index (χ1) is 14.0. The number of nitrogens with two attached hydrogens (primary N) is 1. The van der Waals surface area contributed by atoms with E-state index in [9.17, 15) is 4.79 Å². The predicted octanol–water partition coefficient (Wildman–Crippen LogP) is 4.60. The zero-order chi connectivity index (χ0) is 20.5. The number of carbonyl (C=O) groups excluding carboxylic acids is 1. The van der Waals surface area contributed by atoms with E-state index >= 15 is 0 Å². The summed E-state index contributed by atoms with van der Waals surface area (Å²) in [4.78, 5) is 25.9. The smallest absolute Gasteiger partial charge is 0.213 e. The number of benzene rings is 2. The van der Waals surface area contributed by atoms with Crippen LogP contribution in [0.4, 0.5) is 11.5 Å². The van der Waals surface area contributed by atoms with E-state index in [0.29, 0.717) is 11.5 Å². The lowest BCUT2D eigenvalue weighted by atomic mass is 9.99. The Balaban J connectivity index is 1.95. The minimum Gasteiger partial charge on any atom is -0.383 e. The highest BCUT2D eigenvalue weighted by molar-refractivity contribution is 9.10. The van der Waals surface area contributed by atoms with Crippen LogP contribution in [0.1, 0.15) is 5.56 Å². The number of nitrogen functional groups attached to an aromatic ring is 1. The average Bonchev–Trinajstić information content (AvgIpc) is 2.72. The van der Waals surface area contributed by atoms with Crippen LogP contribution in [0.15, 0.2) is 59.3 Å². The maximum absolute atomic E-state index is 11.1. The maximum atomic E-state index is 11.1. The van der Waals surface area contributed by atoms with Crippen LogP contribution < -0.4 is 10.6 Å². The summed E-state index contributed by atoms with van der Waals surface area (Å²) in [5.41, 5.74) is 12.1. The summed E-state index contributed by atoms with van der Waals surface area (Å²) in [5.74, 6) is 0.392. The number of fused-ring (bicyclic) bond motifs is 1. The first-order valence-corrected chi connectivity index (χ1v) is 9.73. The van der Waals surface area contributed by atoms with Crippen LogP contribution in [0.5, 0.6) is 0 Å². The molecular formula is C22H18BrN5O. The topological polar surface area (TPSA) is 85.0 Å². The summed E-state index contributed by atoms with van der Waals surface area (Å²) in [6.07, 6.45) is 2.22. The van der Waals surface area contributed by atoms with Gasteiger partial charge in [-0.3, -0.25) is 4.79 Å². The summed E-state index contributed by atoms with van der Waals surface area (Å²) in [7, 11) is 1.73. The third-order valence-electron chi connectivity index (χ3n) is 4.80. The number of halogens is 1. The second kappa shape index (κ2) is 7.60. The Labute approximate surface area is 176 Å². The number of hydrogen-bond donors (Lipinski definition) is 1. The van der Waals surface area contributed by atoms with Crippen molar-refractivity contribution in [2.24, 2.45) is 0 Å². The van der Waals surface area contributed by atoms with Gasteiger partial charge in [0.15, 0.2) is 5.65 Å². The number of aryl methyl sites for hydroxylation is 1. The van der Waals surface area contributed by atoms with E-state index in [-0.39, 0.29) is 0 Å². The Hall–Kier alpha value is -3.32. The van der Waals surface area contributed by atoms with Gasteiger partial charge in [0, 0.05) is 22.8 Å². The lowest BCUT2D eigenvalue weighted by Gasteiger charge is -2.16. The van der Waals surface area contributed by atoms with Crippen molar-refractivity contribution in [2.75, 3.05) is 17.7 Å². The number of hydrogen-bond acceptors (Lipinski definition) is 5. The molecule has 0 aliphatic carbocycles. The van der Waals surface area contributed by atoms with Crippen LogP contribution in [0.3, 0.4) is 0 Å². The molecule has 7 heteroatoms. The maximum Gasteiger partial charge on any atom is 0.213 e. The summed E-state index contributed by atoms with van der Waals surface area (Å²) >= 11 is 3.53. The SMILES string of the molecule is Cc1cc(-c2cc(-c3cccc(Br)c3)c3c(N)ncnc3n2)ccc1N(C)C=O. The molecule has 6 nitrogen and oxygen atoms in total. The summed E-state index contributed by atoms with van der Waals surface area (Å²) in [6.45, 7) is 1.97. The molecule has 0 atom stereocenters. The van der Waals surface area contributed by atoms with Gasteiger partial charge < -0.3 is 10.6 Å². The second-order valence-corrected chi connectivity index (χ2v) is 7.66. The van der Waals surface area contributed by atoms with Gasteiger partial charge in [-0.1, -0.05) is 34.1 Å². The van der Waals surface area contributed by atoms with Gasteiger partial charge in [-0.2, -0.15) is 0 Å². The standard InChI is InChI=1S/C22H18BrN5O/c1-13-8-15(6-7-19(13)28(2)12-29)18-10-17(14-4-3-5-16(23)9-14)20-21(24)25-11-26-22(20)27-18/h3-12H,1-2H3,(H2,24,25,26,27). The number of pyridine rings is 1. The number of aromatic nitrogens is 3. The molecule has 0 saturated carbocycles. The van der Waals surface area contributed by atoms with Crippen LogP contribution >= 0.6 is 15.9 Å². The Morgan fingerprint density at radius 1 is 1.07 bits per heavy atom. The molecule has 0 unspecified atom stereocenters. The molecule has 2 aromatic carbocycles. The van der Waals surface area contributed by atoms with Crippen molar-refractivity contribution in [3.05, 3.63) is 64.9 Å². The lowest BCUT2D eigenvalue weighted by molar-refractivity contribution is -0.107. The van der Waals surface area contributed by atoms with Gasteiger partial charge in [-0.25, -0.2) is 15.0 Å². The lowest BCUT2D eigenvalue weighted by Crippen LogP contribution is -2.14. The highest BCUT2D eigenvalue weighted by atomic mass is 79.9. The van der Waals surface area contributed by atoms with Crippen LogP contribution in [-0.2, 0) is 4.79 Å². The summed E-state index contributed by atoms with van der Waals surface area (Å²) in [6, 6.07) is 15.9. The molecular weight excluding hydrogens is 430 g/mol. The van der Waals surface area contributed by atoms with Gasteiger partial charge in [0.2, 0.25) is 6.41 Å². The van der Waals surface area contributed by atoms with E-state index in [2.05, 4.69) is 25.9 Å². The molecule has 4 aromatic rings. The third kappa shape index (κ3) is 3.56. The molecule has 0 saturated heterocycles. The quantitative estimate of drug-likeness (QED) is 0.461. The molecule has 2 aromatic heterocycles. The van der Waals surface area contributed by atoms with Crippen molar-refractivity contribution in [1.82, 2.24) is 15.0 Å². The molecule has 4 rings (SSSR count). The van der Waals surface area contributed by atoms with Gasteiger partial charge in [0.25, 0.3) is 0 Å². The van der Waals surface area contributed by atoms with Crippen LogP contribution in [0.2, 0.25) is 0 Å². The first-order valence-electron chi connectivity index (χ1n) is 8.94. The van der Waals surface area contributed by atoms with E-state index in [4.69, 9.17) is 10.7 Å². The fourth-order valence-corrected chi connectivity index (χ4v) is 3.79. The molecule has 29 heavy (non-hydrogen) atoms. The zero-order valence-electron chi connectivity index (χ0n) is 15.9. The monoisotopic (exact) mass is 447 g/mol. The van der Waals surface area contributed by atoms with E-state index in [0.717, 1.165) is 49.9 Å². The van der Waals surface area contributed by atoms with E-state index in [1.54, 1.807) is 11.9 Å². The van der Waals surface area contributed by atoms with Crippen molar-refractivity contribution in [2.45, 2.75) is 6.92 Å². The number of anilines is 2. The average molecular weight is 448 g/mol. The predicted molar refractivity (Wildman–Crippen MR) is 120 cm³/mol. The number of rotatable bonds is 4. The number of carbonyl (C=O) groups is 1. The molecule has 0 aliphatic heterocycles. The fraction of sp³-hybridized carbons (Fsp3) is 0.0909. The highest BCUT2D eigenvalue weighted by Crippen LogP contribution is 2.35. The van der Waals surface area contributed by atoms with Crippen LogP contribution in [0, 0.1) is 6.92 Å². The third-order valence-corrected chi connectivity index (χ3v) is 5.29. The van der Waals surface area contributed by atoms with Gasteiger partial charge >= 0.3 is 0 Å². The summed E-state index contributed by atoms with van der Waals surface area (Å²) < 4.78 is 0.967. The Bertz CT molecular complexity index is 1240. The van der Waals surface area contributed by atoms with Gasteiger partial charge in [0.1, 0.15) is 12.1 Å². The first kappa shape index (κ1) is 19.0. The molecule has 0 bridgehead atoms. The highest BCUT2D eigenvalue weighted by Gasteiger charge is 2.15. The summed E-state index contributed by atoms with van der Waals surface area (Å²) in [5, 5.41) is 0.725. The van der Waals surface area contributed by atoms with Crippen LogP contribution in [0.25, 0.3) is 33.4 Å². The molecule has 2 N–H and O–H groups in total. The van der Waals surface area contributed by atoms with Gasteiger partial charge in [-0.05, 0) is 53.9 Å². The Morgan fingerprint density at radius 2 is 1.90 bits per heavy atom. The molecule has 144 valence electrons. The van der Waals surface area contributed by atoms with Crippen molar-refractivity contribution in [3.8, 4) is 22.4 Å². The van der Waals surface area contributed by atoms with E-state index < -0.39 is 0 Å². The van der Waals surface area contributed by atoms with Crippen molar-refractivity contribution >= 4 is 44.9 Å². The minimum atomic E-state index is 0.392. The van der Waals surface area contributed by atoms with Crippen molar-refractivity contribution < 1.29 is 4.79 Å². The Kier molecular flexibility index (Phi) is 4.98. The van der Waals surface area contributed by atoms with Crippen molar-refractivity contribution in [1.29, 1.82) is 0 Å². The minimum absolute atomic E-state index is 0.392. The normalized spacial score (nSPS) is 10.9. The van der Waals surface area contributed by atoms with Crippen LogP contribution in [-0.4, -0.2) is 28.4 Å². The van der Waals surface area contributed by atoms with E-state index in [1.165, 1.54) is 6.33 Å². The van der Waals surface area contributed by atoms with Gasteiger partial charge in [0.05, 0.1) is 11.1 Å².